The molecule has 0 spiro atoms. The third kappa shape index (κ3) is 6.92. The summed E-state index contributed by atoms with van der Waals surface area (Å²) in [6.45, 7) is 7.26. The second-order valence-corrected chi connectivity index (χ2v) is 10.4. The maximum atomic E-state index is 12.4. The summed E-state index contributed by atoms with van der Waals surface area (Å²) in [5.74, 6) is 1.05. The van der Waals surface area contributed by atoms with Gasteiger partial charge in [-0.1, -0.05) is 51.1 Å². The zero-order valence-corrected chi connectivity index (χ0v) is 20.7. The van der Waals surface area contributed by atoms with Crippen molar-refractivity contribution in [3.05, 3.63) is 47.2 Å². The van der Waals surface area contributed by atoms with Gasteiger partial charge < -0.3 is 20.0 Å². The van der Waals surface area contributed by atoms with Crippen molar-refractivity contribution in [2.45, 2.75) is 65.9 Å². The van der Waals surface area contributed by atoms with Crippen molar-refractivity contribution < 1.29 is 19.4 Å². The van der Waals surface area contributed by atoms with Crippen LogP contribution in [0.25, 0.3) is 0 Å². The number of esters is 1. The molecule has 2 aliphatic rings. The SMILES string of the molecule is COC(=O)C(C)C(CCOCc1ccccc1)C(=N)/C(=C(\O)C1CC(CC(C)C)C1)C1CC1. The lowest BCUT2D eigenvalue weighted by Crippen LogP contribution is -2.33. The number of allylic oxidation sites excluding steroid dienone is 2. The van der Waals surface area contributed by atoms with Crippen molar-refractivity contribution in [2.75, 3.05) is 13.7 Å². The molecule has 2 N–H and O–H groups in total. The third-order valence-corrected chi connectivity index (χ3v) is 7.21. The smallest absolute Gasteiger partial charge is 0.309 e. The van der Waals surface area contributed by atoms with Crippen LogP contribution in [0.3, 0.4) is 0 Å². The van der Waals surface area contributed by atoms with Gasteiger partial charge >= 0.3 is 5.97 Å². The Morgan fingerprint density at radius 1 is 1.12 bits per heavy atom. The monoisotopic (exact) mass is 455 g/mol. The minimum Gasteiger partial charge on any atom is -0.512 e. The summed E-state index contributed by atoms with van der Waals surface area (Å²) in [6, 6.07) is 9.99. The second-order valence-electron chi connectivity index (χ2n) is 10.4. The van der Waals surface area contributed by atoms with Gasteiger partial charge in [-0.15, -0.1) is 0 Å². The predicted octanol–water partition coefficient (Wildman–Crippen LogP) is 6.33. The van der Waals surface area contributed by atoms with Crippen LogP contribution in [-0.4, -0.2) is 30.5 Å². The topological polar surface area (TPSA) is 79.6 Å². The van der Waals surface area contributed by atoms with E-state index in [0.717, 1.165) is 36.8 Å². The molecule has 0 heterocycles. The van der Waals surface area contributed by atoms with E-state index in [2.05, 4.69) is 13.8 Å². The van der Waals surface area contributed by atoms with Crippen molar-refractivity contribution in [3.8, 4) is 0 Å². The molecule has 2 aliphatic carbocycles. The molecule has 2 fully saturated rings. The summed E-state index contributed by atoms with van der Waals surface area (Å²) >= 11 is 0. The number of nitrogens with one attached hydrogen (secondary N) is 1. The van der Waals surface area contributed by atoms with E-state index >= 15 is 0 Å². The maximum absolute atomic E-state index is 12.4. The zero-order chi connectivity index (χ0) is 24.0. The van der Waals surface area contributed by atoms with Gasteiger partial charge in [0.05, 0.1) is 19.6 Å². The van der Waals surface area contributed by atoms with E-state index in [1.807, 2.05) is 37.3 Å². The highest BCUT2D eigenvalue weighted by Gasteiger charge is 2.41. The van der Waals surface area contributed by atoms with Crippen LogP contribution in [0.4, 0.5) is 0 Å². The van der Waals surface area contributed by atoms with Gasteiger partial charge in [0.1, 0.15) is 5.76 Å². The molecular formula is C28H41NO4. The van der Waals surface area contributed by atoms with E-state index in [4.69, 9.17) is 14.9 Å². The van der Waals surface area contributed by atoms with Gasteiger partial charge in [-0.25, -0.2) is 0 Å². The normalized spacial score (nSPS) is 22.8. The standard InChI is InChI=1S/C28H41NO4/c1-18(2)14-21-15-23(16-21)27(30)25(22-10-11-22)26(29)24(19(3)28(31)32-4)12-13-33-17-20-8-6-5-7-9-20/h5-9,18-19,21-24,29-30H,10-17H2,1-4H3/b27-25-,29-26?. The predicted molar refractivity (Wildman–Crippen MR) is 131 cm³/mol. The number of methoxy groups -OCH3 is 1. The lowest BCUT2D eigenvalue weighted by Gasteiger charge is -2.37. The first kappa shape index (κ1) is 25.5. The van der Waals surface area contributed by atoms with Crippen LogP contribution in [-0.2, 0) is 20.9 Å². The van der Waals surface area contributed by atoms with Gasteiger partial charge in [0, 0.05) is 29.7 Å². The van der Waals surface area contributed by atoms with Crippen molar-refractivity contribution >= 4 is 11.7 Å². The molecule has 33 heavy (non-hydrogen) atoms. The molecule has 5 nitrogen and oxygen atoms in total. The molecule has 1 aromatic carbocycles. The number of benzene rings is 1. The quantitative estimate of drug-likeness (QED) is 0.158. The Balaban J connectivity index is 1.69. The van der Waals surface area contributed by atoms with E-state index < -0.39 is 5.92 Å². The second kappa shape index (κ2) is 11.8. The van der Waals surface area contributed by atoms with Crippen LogP contribution in [0.1, 0.15) is 64.9 Å². The highest BCUT2D eigenvalue weighted by atomic mass is 16.5. The first-order chi connectivity index (χ1) is 15.8. The van der Waals surface area contributed by atoms with E-state index in [1.165, 1.54) is 13.5 Å². The number of ether oxygens (including phenoxy) is 2. The molecule has 2 unspecified atom stereocenters. The summed E-state index contributed by atoms with van der Waals surface area (Å²) in [6.07, 6.45) is 5.77. The van der Waals surface area contributed by atoms with Crippen molar-refractivity contribution in [3.63, 3.8) is 0 Å². The number of hydrogen-bond donors (Lipinski definition) is 2. The molecule has 3 rings (SSSR count). The summed E-state index contributed by atoms with van der Waals surface area (Å²) in [5, 5.41) is 20.3. The summed E-state index contributed by atoms with van der Waals surface area (Å²) in [4.78, 5) is 12.4. The average Bonchev–Trinajstić information content (AvgIpc) is 3.60. The summed E-state index contributed by atoms with van der Waals surface area (Å²) in [7, 11) is 1.39. The Morgan fingerprint density at radius 3 is 2.36 bits per heavy atom. The van der Waals surface area contributed by atoms with Gasteiger partial charge in [-0.2, -0.15) is 0 Å². The zero-order valence-electron chi connectivity index (χ0n) is 20.7. The molecule has 0 saturated heterocycles. The first-order valence-corrected chi connectivity index (χ1v) is 12.5. The molecule has 5 heteroatoms. The largest absolute Gasteiger partial charge is 0.512 e. The van der Waals surface area contributed by atoms with Crippen LogP contribution < -0.4 is 0 Å². The van der Waals surface area contributed by atoms with E-state index in [9.17, 15) is 9.90 Å². The van der Waals surface area contributed by atoms with Crippen molar-refractivity contribution in [1.29, 1.82) is 5.41 Å². The number of carbonyl (C=O) groups is 1. The minimum atomic E-state index is -0.459. The molecular weight excluding hydrogens is 414 g/mol. The number of carbonyl (C=O) groups excluding carboxylic acids is 1. The van der Waals surface area contributed by atoms with E-state index in [-0.39, 0.29) is 23.7 Å². The van der Waals surface area contributed by atoms with Gasteiger partial charge in [-0.3, -0.25) is 4.79 Å². The highest BCUT2D eigenvalue weighted by molar-refractivity contribution is 6.02. The summed E-state index contributed by atoms with van der Waals surface area (Å²) in [5.41, 5.74) is 2.30. The average molecular weight is 456 g/mol. The van der Waals surface area contributed by atoms with Gasteiger partial charge in [0.15, 0.2) is 0 Å². The highest BCUT2D eigenvalue weighted by Crippen LogP contribution is 2.47. The molecule has 2 atom stereocenters. The molecule has 0 bridgehead atoms. The third-order valence-electron chi connectivity index (χ3n) is 7.21. The Bertz CT molecular complexity index is 822. The Labute approximate surface area is 199 Å². The number of aliphatic hydroxyl groups is 1. The molecule has 2 saturated carbocycles. The van der Waals surface area contributed by atoms with Crippen molar-refractivity contribution in [1.82, 2.24) is 0 Å². The number of rotatable bonds is 13. The van der Waals surface area contributed by atoms with Crippen LogP contribution in [0.2, 0.25) is 0 Å². The van der Waals surface area contributed by atoms with Gasteiger partial charge in [0.2, 0.25) is 0 Å². The molecule has 0 aromatic heterocycles. The van der Waals surface area contributed by atoms with Crippen LogP contribution >= 0.6 is 0 Å². The minimum absolute atomic E-state index is 0.160. The Kier molecular flexibility index (Phi) is 9.13. The fraction of sp³-hybridized carbons (Fsp3) is 0.643. The molecule has 0 amide bonds. The summed E-state index contributed by atoms with van der Waals surface area (Å²) < 4.78 is 10.9. The van der Waals surface area contributed by atoms with Crippen molar-refractivity contribution in [2.24, 2.45) is 35.5 Å². The molecule has 0 radical (unpaired) electrons. The van der Waals surface area contributed by atoms with Gasteiger partial charge in [-0.05, 0) is 61.8 Å². The fourth-order valence-corrected chi connectivity index (χ4v) is 5.15. The number of hydrogen-bond acceptors (Lipinski definition) is 5. The van der Waals surface area contributed by atoms with Crippen LogP contribution in [0, 0.1) is 40.9 Å². The lowest BCUT2D eigenvalue weighted by atomic mass is 9.69. The van der Waals surface area contributed by atoms with Crippen LogP contribution in [0.5, 0.6) is 0 Å². The lowest BCUT2D eigenvalue weighted by molar-refractivity contribution is -0.146. The number of aliphatic hydroxyl groups excluding tert-OH is 1. The Hall–Kier alpha value is -2.14. The molecule has 182 valence electrons. The first-order valence-electron chi connectivity index (χ1n) is 12.5. The molecule has 1 aromatic rings. The fourth-order valence-electron chi connectivity index (χ4n) is 5.15. The Morgan fingerprint density at radius 2 is 1.79 bits per heavy atom. The van der Waals surface area contributed by atoms with Crippen LogP contribution in [0.15, 0.2) is 41.7 Å². The van der Waals surface area contributed by atoms with E-state index in [0.29, 0.717) is 42.9 Å². The van der Waals surface area contributed by atoms with Gasteiger partial charge in [0.25, 0.3) is 0 Å². The van der Waals surface area contributed by atoms with E-state index in [1.54, 1.807) is 0 Å². The maximum Gasteiger partial charge on any atom is 0.309 e. The molecule has 0 aliphatic heterocycles.